The van der Waals surface area contributed by atoms with E-state index in [1.165, 1.54) is 0 Å². The number of hydrogen-bond acceptors (Lipinski definition) is 4. The first-order valence-corrected chi connectivity index (χ1v) is 8.30. The zero-order valence-electron chi connectivity index (χ0n) is 14.2. The maximum atomic E-state index is 12.5. The van der Waals surface area contributed by atoms with Crippen LogP contribution in [0.5, 0.6) is 0 Å². The van der Waals surface area contributed by atoms with Crippen LogP contribution in [0.1, 0.15) is 29.0 Å². The highest BCUT2D eigenvalue weighted by Crippen LogP contribution is 2.46. The summed E-state index contributed by atoms with van der Waals surface area (Å²) in [6, 6.07) is 6.94. The predicted octanol–water partition coefficient (Wildman–Crippen LogP) is 1.90. The summed E-state index contributed by atoms with van der Waals surface area (Å²) in [6.45, 7) is 3.18. The minimum absolute atomic E-state index is 0.0879. The van der Waals surface area contributed by atoms with Gasteiger partial charge < -0.3 is 20.3 Å². The number of rotatable bonds is 8. The van der Waals surface area contributed by atoms with E-state index in [0.29, 0.717) is 17.8 Å². The minimum Gasteiger partial charge on any atom is -0.480 e. The Bertz CT molecular complexity index is 780. The quantitative estimate of drug-likeness (QED) is 0.681. The first-order valence-electron chi connectivity index (χ1n) is 8.30. The van der Waals surface area contributed by atoms with E-state index < -0.39 is 5.97 Å². The summed E-state index contributed by atoms with van der Waals surface area (Å²) in [6.07, 6.45) is 5.89. The molecule has 7 heteroatoms. The zero-order chi connectivity index (χ0) is 17.9. The summed E-state index contributed by atoms with van der Waals surface area (Å²) in [5.74, 6) is -0.189. The van der Waals surface area contributed by atoms with Crippen LogP contribution in [-0.2, 0) is 11.3 Å². The van der Waals surface area contributed by atoms with E-state index in [9.17, 15) is 9.59 Å². The van der Waals surface area contributed by atoms with Gasteiger partial charge in [-0.05, 0) is 31.9 Å². The van der Waals surface area contributed by atoms with Gasteiger partial charge in [0.2, 0.25) is 0 Å². The van der Waals surface area contributed by atoms with E-state index in [1.807, 2.05) is 13.1 Å². The number of nitrogens with one attached hydrogen (secondary N) is 2. The van der Waals surface area contributed by atoms with Gasteiger partial charge in [0.1, 0.15) is 12.4 Å². The average molecular weight is 342 g/mol. The number of amides is 1. The number of aryl methyl sites for hydroxylation is 1. The maximum absolute atomic E-state index is 12.5. The van der Waals surface area contributed by atoms with Crippen molar-refractivity contribution in [1.29, 1.82) is 0 Å². The molecule has 1 aliphatic rings. The molecule has 132 valence electrons. The molecule has 0 aliphatic heterocycles. The molecule has 0 atom stereocenters. The number of benzene rings is 1. The number of carboxylic acids is 1. The number of carboxylic acid groups (broad SMARTS) is 1. The number of carbonyl (C=O) groups is 2. The van der Waals surface area contributed by atoms with Crippen LogP contribution >= 0.6 is 0 Å². The first-order chi connectivity index (χ1) is 12.0. The molecular weight excluding hydrogens is 320 g/mol. The van der Waals surface area contributed by atoms with E-state index in [-0.39, 0.29) is 17.9 Å². The topological polar surface area (TPSA) is 96.3 Å². The standard InChI is InChI=1S/C18H22N4O3/c1-13-19-8-9-22(13)12-18(6-7-18)11-21-17(25)14-4-2-3-5-15(14)20-10-16(23)24/h2-5,8-9,20H,6-7,10-12H2,1H3,(H,21,25)(H,23,24). The highest BCUT2D eigenvalue weighted by molar-refractivity contribution is 6.00. The number of nitrogens with zero attached hydrogens (tertiary/aromatic N) is 2. The summed E-state index contributed by atoms with van der Waals surface area (Å²) in [5, 5.41) is 14.6. The Morgan fingerprint density at radius 2 is 2.08 bits per heavy atom. The molecule has 1 aliphatic carbocycles. The highest BCUT2D eigenvalue weighted by atomic mass is 16.4. The van der Waals surface area contributed by atoms with Crippen LogP contribution in [0.2, 0.25) is 0 Å². The van der Waals surface area contributed by atoms with Crippen molar-refractivity contribution in [2.24, 2.45) is 5.41 Å². The normalized spacial score (nSPS) is 14.8. The summed E-state index contributed by atoms with van der Waals surface area (Å²) in [7, 11) is 0. The Hall–Kier alpha value is -2.83. The van der Waals surface area contributed by atoms with Gasteiger partial charge in [0.05, 0.1) is 5.56 Å². The molecule has 7 nitrogen and oxygen atoms in total. The van der Waals surface area contributed by atoms with E-state index in [4.69, 9.17) is 5.11 Å². The summed E-state index contributed by atoms with van der Waals surface area (Å²) in [5.41, 5.74) is 1.07. The SMILES string of the molecule is Cc1nccn1CC1(CNC(=O)c2ccccc2NCC(=O)O)CC1. The van der Waals surface area contributed by atoms with Crippen molar-refractivity contribution in [3.63, 3.8) is 0 Å². The fourth-order valence-electron chi connectivity index (χ4n) is 2.87. The molecule has 3 N–H and O–H groups in total. The molecule has 0 bridgehead atoms. The fourth-order valence-corrected chi connectivity index (χ4v) is 2.87. The lowest BCUT2D eigenvalue weighted by Crippen LogP contribution is -2.33. The Morgan fingerprint density at radius 1 is 1.32 bits per heavy atom. The van der Waals surface area contributed by atoms with E-state index in [0.717, 1.165) is 25.2 Å². The number of hydrogen-bond donors (Lipinski definition) is 3. The average Bonchev–Trinajstić information content (AvgIpc) is 3.26. The lowest BCUT2D eigenvalue weighted by Gasteiger charge is -2.18. The Balaban J connectivity index is 1.61. The highest BCUT2D eigenvalue weighted by Gasteiger charge is 2.43. The van der Waals surface area contributed by atoms with Crippen LogP contribution in [-0.4, -0.2) is 39.6 Å². The molecule has 0 radical (unpaired) electrons. The van der Waals surface area contributed by atoms with Gasteiger partial charge in [0.15, 0.2) is 0 Å². The number of aromatic nitrogens is 2. The van der Waals surface area contributed by atoms with Crippen LogP contribution in [0.15, 0.2) is 36.7 Å². The third-order valence-electron chi connectivity index (χ3n) is 4.61. The third kappa shape index (κ3) is 4.17. The van der Waals surface area contributed by atoms with Crippen molar-refractivity contribution in [2.75, 3.05) is 18.4 Å². The Morgan fingerprint density at radius 3 is 2.72 bits per heavy atom. The maximum Gasteiger partial charge on any atom is 0.322 e. The lowest BCUT2D eigenvalue weighted by molar-refractivity contribution is -0.134. The third-order valence-corrected chi connectivity index (χ3v) is 4.61. The minimum atomic E-state index is -0.970. The Kier molecular flexibility index (Phi) is 4.74. The van der Waals surface area contributed by atoms with Gasteiger partial charge in [-0.2, -0.15) is 0 Å². The molecule has 1 aromatic carbocycles. The molecule has 0 saturated heterocycles. The molecule has 1 saturated carbocycles. The van der Waals surface area contributed by atoms with Gasteiger partial charge in [-0.15, -0.1) is 0 Å². The largest absolute Gasteiger partial charge is 0.480 e. The van der Waals surface area contributed by atoms with Crippen molar-refractivity contribution >= 4 is 17.6 Å². The molecule has 0 spiro atoms. The number of anilines is 1. The summed E-state index contributed by atoms with van der Waals surface area (Å²) >= 11 is 0. The van der Waals surface area contributed by atoms with Gasteiger partial charge in [-0.3, -0.25) is 9.59 Å². The van der Waals surface area contributed by atoms with Crippen molar-refractivity contribution in [2.45, 2.75) is 26.3 Å². The number of carbonyl (C=O) groups excluding carboxylic acids is 1. The van der Waals surface area contributed by atoms with Crippen molar-refractivity contribution < 1.29 is 14.7 Å². The second kappa shape index (κ2) is 6.96. The van der Waals surface area contributed by atoms with Crippen molar-refractivity contribution in [3.8, 4) is 0 Å². The lowest BCUT2D eigenvalue weighted by atomic mass is 10.1. The number of imidazole rings is 1. The van der Waals surface area contributed by atoms with Gasteiger partial charge in [-0.25, -0.2) is 4.98 Å². The number of aliphatic carboxylic acids is 1. The molecule has 1 heterocycles. The van der Waals surface area contributed by atoms with Gasteiger partial charge >= 0.3 is 5.97 Å². The monoisotopic (exact) mass is 342 g/mol. The van der Waals surface area contributed by atoms with E-state index in [1.54, 1.807) is 30.5 Å². The zero-order valence-corrected chi connectivity index (χ0v) is 14.2. The Labute approximate surface area is 146 Å². The van der Waals surface area contributed by atoms with Crippen molar-refractivity contribution in [1.82, 2.24) is 14.9 Å². The van der Waals surface area contributed by atoms with E-state index >= 15 is 0 Å². The van der Waals surface area contributed by atoms with Crippen LogP contribution in [0.3, 0.4) is 0 Å². The molecule has 1 amide bonds. The summed E-state index contributed by atoms with van der Waals surface area (Å²) in [4.78, 5) is 27.5. The van der Waals surface area contributed by atoms with Crippen LogP contribution < -0.4 is 10.6 Å². The second-order valence-corrected chi connectivity index (χ2v) is 6.58. The predicted molar refractivity (Wildman–Crippen MR) is 93.5 cm³/mol. The molecular formula is C18H22N4O3. The van der Waals surface area contributed by atoms with E-state index in [2.05, 4.69) is 20.2 Å². The first kappa shape index (κ1) is 17.0. The molecule has 1 fully saturated rings. The fraction of sp³-hybridized carbons (Fsp3) is 0.389. The van der Waals surface area contributed by atoms with Crippen LogP contribution in [0, 0.1) is 12.3 Å². The van der Waals surface area contributed by atoms with Gasteiger partial charge in [-0.1, -0.05) is 12.1 Å². The summed E-state index contributed by atoms with van der Waals surface area (Å²) < 4.78 is 2.11. The van der Waals surface area contributed by atoms with Crippen LogP contribution in [0.4, 0.5) is 5.69 Å². The molecule has 3 rings (SSSR count). The van der Waals surface area contributed by atoms with Crippen LogP contribution in [0.25, 0.3) is 0 Å². The molecule has 1 aromatic heterocycles. The molecule has 0 unspecified atom stereocenters. The van der Waals surface area contributed by atoms with Crippen molar-refractivity contribution in [3.05, 3.63) is 48.0 Å². The smallest absolute Gasteiger partial charge is 0.322 e. The second-order valence-electron chi connectivity index (χ2n) is 6.58. The molecule has 2 aromatic rings. The van der Waals surface area contributed by atoms with Gasteiger partial charge in [0.25, 0.3) is 5.91 Å². The number of para-hydroxylation sites is 1. The molecule has 25 heavy (non-hydrogen) atoms. The van der Waals surface area contributed by atoms with Gasteiger partial charge in [0, 0.05) is 36.6 Å².